The van der Waals surface area contributed by atoms with E-state index in [0.717, 1.165) is 18.7 Å². The lowest BCUT2D eigenvalue weighted by molar-refractivity contribution is -0.140. The van der Waals surface area contributed by atoms with Gasteiger partial charge < -0.3 is 14.9 Å². The number of amides is 1. The van der Waals surface area contributed by atoms with Gasteiger partial charge in [-0.05, 0) is 42.9 Å². The Hall–Kier alpha value is -2.63. The average molecular weight is 413 g/mol. The molecule has 1 fully saturated rings. The van der Waals surface area contributed by atoms with Crippen LogP contribution in [0.25, 0.3) is 5.76 Å². The highest BCUT2D eigenvalue weighted by atomic mass is 35.5. The van der Waals surface area contributed by atoms with Crippen molar-refractivity contribution in [3.8, 4) is 0 Å². The molecule has 0 saturated carbocycles. The third-order valence-corrected chi connectivity index (χ3v) is 5.58. The molecule has 3 rings (SSSR count). The third-order valence-electron chi connectivity index (χ3n) is 5.32. The molecule has 0 aliphatic carbocycles. The highest BCUT2D eigenvalue weighted by molar-refractivity contribution is 6.46. The van der Waals surface area contributed by atoms with Crippen LogP contribution >= 0.6 is 11.6 Å². The maximum atomic E-state index is 12.9. The molecule has 1 aliphatic rings. The van der Waals surface area contributed by atoms with Crippen molar-refractivity contribution in [1.82, 2.24) is 9.80 Å². The van der Waals surface area contributed by atoms with Crippen LogP contribution in [0.15, 0.2) is 60.2 Å². The van der Waals surface area contributed by atoms with Crippen LogP contribution in [0.4, 0.5) is 0 Å². The molecular weight excluding hydrogens is 388 g/mol. The number of hydrogen-bond donors (Lipinski definition) is 1. The molecular formula is C23H25ClN2O3. The minimum Gasteiger partial charge on any atom is -0.507 e. The molecule has 6 heteroatoms. The molecule has 0 aromatic heterocycles. The van der Waals surface area contributed by atoms with Gasteiger partial charge in [-0.25, -0.2) is 0 Å². The van der Waals surface area contributed by atoms with Gasteiger partial charge in [0.25, 0.3) is 11.7 Å². The number of ketones is 1. The monoisotopic (exact) mass is 412 g/mol. The van der Waals surface area contributed by atoms with Gasteiger partial charge in [-0.15, -0.1) is 0 Å². The molecule has 2 aromatic carbocycles. The van der Waals surface area contributed by atoms with E-state index in [1.54, 1.807) is 29.2 Å². The minimum atomic E-state index is -0.661. The zero-order chi connectivity index (χ0) is 21.0. The second kappa shape index (κ2) is 9.25. The lowest BCUT2D eigenvalue weighted by Gasteiger charge is -2.28. The summed E-state index contributed by atoms with van der Waals surface area (Å²) in [6, 6.07) is 15.3. The van der Waals surface area contributed by atoms with Gasteiger partial charge in [-0.3, -0.25) is 9.59 Å². The second-order valence-electron chi connectivity index (χ2n) is 6.94. The lowest BCUT2D eigenvalue weighted by Crippen LogP contribution is -2.38. The van der Waals surface area contributed by atoms with E-state index in [1.807, 2.05) is 30.3 Å². The first-order valence-corrected chi connectivity index (χ1v) is 10.2. The number of aliphatic hydroxyl groups excluding tert-OH is 1. The summed E-state index contributed by atoms with van der Waals surface area (Å²) >= 11 is 5.94. The molecule has 1 amide bonds. The standard InChI is InChI=1S/C23H25ClN2O3/c1-3-25(4-2)14-15-26-20(16-8-6-5-7-9-16)19(22(28)23(26)29)21(27)17-10-12-18(24)13-11-17/h5-13,20,27H,3-4,14-15H2,1-2H3/b21-19-. The number of halogens is 1. The van der Waals surface area contributed by atoms with E-state index in [-0.39, 0.29) is 11.3 Å². The number of hydrogen-bond acceptors (Lipinski definition) is 4. The van der Waals surface area contributed by atoms with Crippen molar-refractivity contribution in [2.75, 3.05) is 26.2 Å². The number of carbonyl (C=O) groups is 2. The van der Waals surface area contributed by atoms with Crippen LogP contribution in [0.3, 0.4) is 0 Å². The van der Waals surface area contributed by atoms with Crippen molar-refractivity contribution < 1.29 is 14.7 Å². The van der Waals surface area contributed by atoms with Crippen LogP contribution < -0.4 is 0 Å². The molecule has 1 unspecified atom stereocenters. The number of aliphatic hydroxyl groups is 1. The summed E-state index contributed by atoms with van der Waals surface area (Å²) in [5.41, 5.74) is 1.36. The summed E-state index contributed by atoms with van der Waals surface area (Å²) in [7, 11) is 0. The average Bonchev–Trinajstić information content (AvgIpc) is 3.00. The number of rotatable bonds is 7. The molecule has 2 aromatic rings. The quantitative estimate of drug-likeness (QED) is 0.422. The molecule has 152 valence electrons. The van der Waals surface area contributed by atoms with Crippen molar-refractivity contribution in [2.24, 2.45) is 0 Å². The van der Waals surface area contributed by atoms with Crippen molar-refractivity contribution >= 4 is 29.1 Å². The van der Waals surface area contributed by atoms with Gasteiger partial charge in [0.1, 0.15) is 5.76 Å². The van der Waals surface area contributed by atoms with Crippen molar-refractivity contribution in [2.45, 2.75) is 19.9 Å². The smallest absolute Gasteiger partial charge is 0.295 e. The van der Waals surface area contributed by atoms with Gasteiger partial charge in [-0.2, -0.15) is 0 Å². The van der Waals surface area contributed by atoms with E-state index >= 15 is 0 Å². The summed E-state index contributed by atoms with van der Waals surface area (Å²) in [6.07, 6.45) is 0. The molecule has 1 saturated heterocycles. The first kappa shape index (κ1) is 21.1. The van der Waals surface area contributed by atoms with Crippen LogP contribution in [0.1, 0.15) is 31.0 Å². The molecule has 5 nitrogen and oxygen atoms in total. The number of benzene rings is 2. The highest BCUT2D eigenvalue weighted by Gasteiger charge is 2.45. The summed E-state index contributed by atoms with van der Waals surface area (Å²) in [5, 5.41) is 11.5. The van der Waals surface area contributed by atoms with Gasteiger partial charge in [0.05, 0.1) is 11.6 Å². The minimum absolute atomic E-state index is 0.114. The van der Waals surface area contributed by atoms with E-state index in [2.05, 4.69) is 18.7 Å². The van der Waals surface area contributed by atoms with E-state index in [1.165, 1.54) is 0 Å². The maximum absolute atomic E-state index is 12.9. The Morgan fingerprint density at radius 2 is 1.66 bits per heavy atom. The first-order valence-electron chi connectivity index (χ1n) is 9.79. The summed E-state index contributed by atoms with van der Waals surface area (Å²) < 4.78 is 0. The second-order valence-corrected chi connectivity index (χ2v) is 7.37. The van der Waals surface area contributed by atoms with Crippen LogP contribution in [-0.2, 0) is 9.59 Å². The van der Waals surface area contributed by atoms with Gasteiger partial charge in [0.2, 0.25) is 0 Å². The Balaban J connectivity index is 2.06. The summed E-state index contributed by atoms with van der Waals surface area (Å²) in [5.74, 6) is -1.42. The Morgan fingerprint density at radius 1 is 1.03 bits per heavy atom. The SMILES string of the molecule is CCN(CC)CCN1C(=O)C(=O)/C(=C(\O)c2ccc(Cl)cc2)C1c1ccccc1. The van der Waals surface area contributed by atoms with Crippen molar-refractivity contribution in [3.63, 3.8) is 0 Å². The number of likely N-dealkylation sites (tertiary alicyclic amines) is 1. The largest absolute Gasteiger partial charge is 0.507 e. The highest BCUT2D eigenvalue weighted by Crippen LogP contribution is 2.39. The predicted molar refractivity (Wildman–Crippen MR) is 115 cm³/mol. The molecule has 29 heavy (non-hydrogen) atoms. The van der Waals surface area contributed by atoms with E-state index < -0.39 is 17.7 Å². The topological polar surface area (TPSA) is 60.9 Å². The van der Waals surface area contributed by atoms with Crippen LogP contribution in [0, 0.1) is 0 Å². The van der Waals surface area contributed by atoms with Gasteiger partial charge in [-0.1, -0.05) is 55.8 Å². The molecule has 1 atom stereocenters. The molecule has 0 bridgehead atoms. The molecule has 1 N–H and O–H groups in total. The molecule has 1 heterocycles. The number of nitrogens with zero attached hydrogens (tertiary/aromatic N) is 2. The summed E-state index contributed by atoms with van der Waals surface area (Å²) in [6.45, 7) is 6.91. The van der Waals surface area contributed by atoms with Crippen molar-refractivity contribution in [3.05, 3.63) is 76.3 Å². The van der Waals surface area contributed by atoms with Crippen molar-refractivity contribution in [1.29, 1.82) is 0 Å². The van der Waals surface area contributed by atoms with Gasteiger partial charge >= 0.3 is 0 Å². The Morgan fingerprint density at radius 3 is 2.24 bits per heavy atom. The fourth-order valence-electron chi connectivity index (χ4n) is 3.64. The molecule has 0 spiro atoms. The zero-order valence-corrected chi connectivity index (χ0v) is 17.4. The molecule has 0 radical (unpaired) electrons. The normalized spacial score (nSPS) is 18.6. The number of likely N-dealkylation sites (N-methyl/N-ethyl adjacent to an activating group) is 1. The van der Waals surface area contributed by atoms with Crippen LogP contribution in [0.2, 0.25) is 5.02 Å². The fourth-order valence-corrected chi connectivity index (χ4v) is 3.77. The number of carbonyl (C=O) groups excluding carboxylic acids is 2. The van der Waals surface area contributed by atoms with Gasteiger partial charge in [0.15, 0.2) is 0 Å². The predicted octanol–water partition coefficient (Wildman–Crippen LogP) is 4.10. The van der Waals surface area contributed by atoms with E-state index in [4.69, 9.17) is 11.6 Å². The Bertz CT molecular complexity index is 905. The van der Waals surface area contributed by atoms with Gasteiger partial charge in [0, 0.05) is 23.7 Å². The Kier molecular flexibility index (Phi) is 6.72. The van der Waals surface area contributed by atoms with Crippen LogP contribution in [0.5, 0.6) is 0 Å². The zero-order valence-electron chi connectivity index (χ0n) is 16.6. The van der Waals surface area contributed by atoms with E-state index in [9.17, 15) is 14.7 Å². The van der Waals surface area contributed by atoms with Crippen LogP contribution in [-0.4, -0.2) is 52.8 Å². The third kappa shape index (κ3) is 4.36. The first-order chi connectivity index (χ1) is 14.0. The molecule has 1 aliphatic heterocycles. The lowest BCUT2D eigenvalue weighted by atomic mass is 9.95. The fraction of sp³-hybridized carbons (Fsp3) is 0.304. The van der Waals surface area contributed by atoms with E-state index in [0.29, 0.717) is 23.7 Å². The number of Topliss-reactive ketones (excluding diaryl/α,β-unsaturated/α-hetero) is 1. The Labute approximate surface area is 176 Å². The summed E-state index contributed by atoms with van der Waals surface area (Å²) in [4.78, 5) is 29.5. The maximum Gasteiger partial charge on any atom is 0.295 e.